The number of nitrogens with zero attached hydrogens (tertiary/aromatic N) is 2. The molecule has 0 unspecified atom stereocenters. The van der Waals surface area contributed by atoms with E-state index in [4.69, 9.17) is 0 Å². The molecule has 0 aliphatic heterocycles. The monoisotopic (exact) mass is 848 g/mol. The van der Waals surface area contributed by atoms with Crippen molar-refractivity contribution >= 4 is 107 Å². The maximum Gasteiger partial charge on any atom is 0.0555 e. The fourth-order valence-corrected chi connectivity index (χ4v) is 12.7. The Morgan fingerprint density at radius 3 is 1.12 bits per heavy atom. The van der Waals surface area contributed by atoms with Gasteiger partial charge in [-0.05, 0) is 124 Å². The van der Waals surface area contributed by atoms with E-state index in [1.807, 2.05) is 22.7 Å². The lowest BCUT2D eigenvalue weighted by Crippen LogP contribution is -1.94. The van der Waals surface area contributed by atoms with Crippen LogP contribution < -0.4 is 0 Å². The second-order valence-electron chi connectivity index (χ2n) is 16.8. The summed E-state index contributed by atoms with van der Waals surface area (Å²) in [6.07, 6.45) is 0. The molecule has 4 aromatic heterocycles. The van der Waals surface area contributed by atoms with Crippen LogP contribution in [0.1, 0.15) is 0 Å². The molecule has 0 aliphatic rings. The zero-order valence-electron chi connectivity index (χ0n) is 34.5. The van der Waals surface area contributed by atoms with Crippen LogP contribution >= 0.6 is 22.7 Å². The Kier molecular flexibility index (Phi) is 7.76. The van der Waals surface area contributed by atoms with Crippen molar-refractivity contribution in [1.82, 2.24) is 9.13 Å². The molecule has 14 rings (SSSR count). The van der Waals surface area contributed by atoms with E-state index in [-0.39, 0.29) is 0 Å². The number of fused-ring (bicyclic) bond motifs is 12. The third-order valence-electron chi connectivity index (χ3n) is 13.3. The average Bonchev–Trinajstić information content (AvgIpc) is 4.11. The first-order chi connectivity index (χ1) is 31.7. The second-order valence-corrected chi connectivity index (χ2v) is 19.0. The molecule has 0 fully saturated rings. The molecule has 0 spiro atoms. The summed E-state index contributed by atoms with van der Waals surface area (Å²) in [5.41, 5.74) is 14.5. The summed E-state index contributed by atoms with van der Waals surface area (Å²) >= 11 is 3.74. The van der Waals surface area contributed by atoms with Gasteiger partial charge in [-0.3, -0.25) is 0 Å². The van der Waals surface area contributed by atoms with E-state index in [9.17, 15) is 0 Å². The van der Waals surface area contributed by atoms with Crippen molar-refractivity contribution in [3.05, 3.63) is 218 Å². The van der Waals surface area contributed by atoms with Gasteiger partial charge in [0.2, 0.25) is 0 Å². The fraction of sp³-hybridized carbons (Fsp3) is 0. The van der Waals surface area contributed by atoms with Gasteiger partial charge in [0.25, 0.3) is 0 Å². The second kappa shape index (κ2) is 13.9. The van der Waals surface area contributed by atoms with Gasteiger partial charge in [-0.15, -0.1) is 22.7 Å². The predicted octanol–water partition coefficient (Wildman–Crippen LogP) is 17.6. The van der Waals surface area contributed by atoms with Gasteiger partial charge < -0.3 is 9.13 Å². The molecule has 0 atom stereocenters. The highest BCUT2D eigenvalue weighted by Gasteiger charge is 2.20. The van der Waals surface area contributed by atoms with Crippen molar-refractivity contribution in [2.75, 3.05) is 0 Å². The molecule has 4 heteroatoms. The summed E-state index contributed by atoms with van der Waals surface area (Å²) in [7, 11) is 0. The molecule has 0 saturated carbocycles. The van der Waals surface area contributed by atoms with Crippen molar-refractivity contribution in [2.24, 2.45) is 0 Å². The van der Waals surface area contributed by atoms with E-state index in [0.29, 0.717) is 0 Å². The molecule has 0 bridgehead atoms. The van der Waals surface area contributed by atoms with Crippen LogP contribution in [0.4, 0.5) is 0 Å². The number of aromatic nitrogens is 2. The molecule has 14 aromatic rings. The van der Waals surface area contributed by atoms with Crippen LogP contribution in [0.5, 0.6) is 0 Å². The number of para-hydroxylation sites is 2. The van der Waals surface area contributed by atoms with Crippen LogP contribution in [0.3, 0.4) is 0 Å². The Labute approximate surface area is 376 Å². The van der Waals surface area contributed by atoms with Gasteiger partial charge in [-0.2, -0.15) is 0 Å². The van der Waals surface area contributed by atoms with Gasteiger partial charge >= 0.3 is 0 Å². The van der Waals surface area contributed by atoms with Crippen LogP contribution in [0.2, 0.25) is 0 Å². The number of thiophene rings is 2. The predicted molar refractivity (Wildman–Crippen MR) is 277 cm³/mol. The van der Waals surface area contributed by atoms with Crippen molar-refractivity contribution in [1.29, 1.82) is 0 Å². The highest BCUT2D eigenvalue weighted by molar-refractivity contribution is 7.26. The van der Waals surface area contributed by atoms with Crippen LogP contribution in [-0.4, -0.2) is 9.13 Å². The molecule has 2 nitrogen and oxygen atoms in total. The molecule has 4 heterocycles. The van der Waals surface area contributed by atoms with E-state index in [1.165, 1.54) is 129 Å². The Morgan fingerprint density at radius 1 is 0.234 bits per heavy atom. The highest BCUT2D eigenvalue weighted by atomic mass is 32.1. The number of hydrogen-bond donors (Lipinski definition) is 0. The lowest BCUT2D eigenvalue weighted by atomic mass is 9.92. The highest BCUT2D eigenvalue weighted by Crippen LogP contribution is 2.45. The van der Waals surface area contributed by atoms with Crippen molar-refractivity contribution in [3.63, 3.8) is 0 Å². The summed E-state index contributed by atoms with van der Waals surface area (Å²) in [4.78, 5) is 0. The topological polar surface area (TPSA) is 9.86 Å². The quantitative estimate of drug-likeness (QED) is 0.163. The molecule has 0 saturated heterocycles. The van der Waals surface area contributed by atoms with Crippen LogP contribution in [-0.2, 0) is 0 Å². The number of benzene rings is 10. The van der Waals surface area contributed by atoms with Gasteiger partial charge in [0.15, 0.2) is 0 Å². The van der Waals surface area contributed by atoms with E-state index < -0.39 is 0 Å². The Morgan fingerprint density at radius 2 is 0.625 bits per heavy atom. The lowest BCUT2D eigenvalue weighted by molar-refractivity contribution is 1.20. The first-order valence-corrected chi connectivity index (χ1v) is 23.5. The minimum absolute atomic E-state index is 1.19. The third kappa shape index (κ3) is 5.30. The number of hydrogen-bond acceptors (Lipinski definition) is 2. The Hall–Kier alpha value is -7.76. The first kappa shape index (κ1) is 35.8. The summed E-state index contributed by atoms with van der Waals surface area (Å²) in [6.45, 7) is 0. The molecule has 0 aliphatic carbocycles. The minimum Gasteiger partial charge on any atom is -0.309 e. The molecule has 298 valence electrons. The largest absolute Gasteiger partial charge is 0.309 e. The molecular weight excluding hydrogens is 813 g/mol. The molecule has 10 aromatic carbocycles. The third-order valence-corrected chi connectivity index (χ3v) is 15.6. The average molecular weight is 849 g/mol. The molecular formula is C60H36N2S2. The fourth-order valence-electron chi connectivity index (χ4n) is 10.5. The summed E-state index contributed by atoms with van der Waals surface area (Å²) in [5.74, 6) is 0. The SMILES string of the molecule is c1ccc(-c2cc(-c3ccc4c(c3)c3ccccc3n4-c3cccc4sc5ccccc5c34)cc(-c3ccc4c(c3)c3ccccc3n4-c3cccc4sc5ccccc5c34)c2)cc1. The Balaban J connectivity index is 0.966. The maximum absolute atomic E-state index is 2.48. The molecule has 0 N–H and O–H groups in total. The van der Waals surface area contributed by atoms with Gasteiger partial charge in [-0.1, -0.05) is 127 Å². The van der Waals surface area contributed by atoms with Crippen molar-refractivity contribution in [2.45, 2.75) is 0 Å². The number of rotatable bonds is 5. The normalized spacial score (nSPS) is 12.1. The van der Waals surface area contributed by atoms with Gasteiger partial charge in [0.05, 0.1) is 33.4 Å². The summed E-state index contributed by atoms with van der Waals surface area (Å²) in [5, 5.41) is 10.2. The van der Waals surface area contributed by atoms with Crippen molar-refractivity contribution in [3.8, 4) is 44.8 Å². The first-order valence-electron chi connectivity index (χ1n) is 21.8. The van der Waals surface area contributed by atoms with Crippen LogP contribution in [0, 0.1) is 0 Å². The molecule has 0 radical (unpaired) electrons. The minimum atomic E-state index is 1.19. The zero-order valence-corrected chi connectivity index (χ0v) is 36.1. The standard InChI is InChI=1S/C60H36N2S2/c1-2-14-37(15-3-1)40-32-41(38-28-30-51-47(35-38)43-16-4-8-20-49(43)61(51)53-22-12-26-57-59(53)45-18-6-10-24-55(45)63-57)34-42(33-40)39-29-31-52-48(36-39)44-17-5-9-21-50(44)62(52)54-23-13-27-58-60(54)46-19-7-11-25-56(46)64-58/h1-36H. The molecule has 0 amide bonds. The van der Waals surface area contributed by atoms with Crippen molar-refractivity contribution < 1.29 is 0 Å². The smallest absolute Gasteiger partial charge is 0.0555 e. The lowest BCUT2D eigenvalue weighted by Gasteiger charge is -2.13. The van der Waals surface area contributed by atoms with E-state index in [1.54, 1.807) is 0 Å². The van der Waals surface area contributed by atoms with Gasteiger partial charge in [0.1, 0.15) is 0 Å². The zero-order chi connectivity index (χ0) is 41.9. The van der Waals surface area contributed by atoms with Gasteiger partial charge in [0, 0.05) is 61.9 Å². The maximum atomic E-state index is 2.48. The van der Waals surface area contributed by atoms with E-state index >= 15 is 0 Å². The summed E-state index contributed by atoms with van der Waals surface area (Å²) in [6, 6.07) is 81.0. The van der Waals surface area contributed by atoms with Crippen LogP contribution in [0.15, 0.2) is 218 Å². The summed E-state index contributed by atoms with van der Waals surface area (Å²) < 4.78 is 10.2. The molecule has 64 heavy (non-hydrogen) atoms. The Bertz CT molecular complexity index is 3950. The van der Waals surface area contributed by atoms with Gasteiger partial charge in [-0.25, -0.2) is 0 Å². The van der Waals surface area contributed by atoms with E-state index in [2.05, 4.69) is 228 Å². The van der Waals surface area contributed by atoms with E-state index in [0.717, 1.165) is 0 Å². The van der Waals surface area contributed by atoms with Crippen LogP contribution in [0.25, 0.3) is 129 Å².